The highest BCUT2D eigenvalue weighted by atomic mass is 35.5. The summed E-state index contributed by atoms with van der Waals surface area (Å²) in [7, 11) is 1.67. The van der Waals surface area contributed by atoms with Crippen LogP contribution in [0.5, 0.6) is 5.75 Å². The fourth-order valence-electron chi connectivity index (χ4n) is 1.94. The lowest BCUT2D eigenvalue weighted by molar-refractivity contribution is 0.402. The Morgan fingerprint density at radius 3 is 2.35 bits per heavy atom. The van der Waals surface area contributed by atoms with E-state index in [-0.39, 0.29) is 5.41 Å². The van der Waals surface area contributed by atoms with Gasteiger partial charge in [0.1, 0.15) is 16.4 Å². The maximum Gasteiger partial charge on any atom is 0.148 e. The van der Waals surface area contributed by atoms with E-state index in [1.807, 2.05) is 6.07 Å². The predicted molar refractivity (Wildman–Crippen MR) is 72.0 cm³/mol. The average Bonchev–Trinajstić information content (AvgIpc) is 2.26. The number of rotatable bonds is 1. The Hall–Kier alpha value is -1.28. The zero-order chi connectivity index (χ0) is 12.6. The zero-order valence-corrected chi connectivity index (χ0v) is 11.3. The number of aromatic nitrogens is 1. The summed E-state index contributed by atoms with van der Waals surface area (Å²) in [5.74, 6) is 0.817. The molecule has 17 heavy (non-hydrogen) atoms. The Balaban J connectivity index is 2.81. The molecule has 2 nitrogen and oxygen atoms in total. The Morgan fingerprint density at radius 1 is 1.12 bits per heavy atom. The number of pyridine rings is 1. The van der Waals surface area contributed by atoms with E-state index >= 15 is 0 Å². The van der Waals surface area contributed by atoms with Gasteiger partial charge in [-0.3, -0.25) is 0 Å². The molecule has 0 spiro atoms. The van der Waals surface area contributed by atoms with Gasteiger partial charge in [-0.05, 0) is 17.5 Å². The normalized spacial score (nSPS) is 11.8. The second kappa shape index (κ2) is 4.19. The fourth-order valence-corrected chi connectivity index (χ4v) is 2.08. The summed E-state index contributed by atoms with van der Waals surface area (Å²) >= 11 is 5.95. The standard InChI is InChI=1S/C14H16ClNO/c1-14(2,3)10-7-5-9-6-8-11(15)16-12(9)13(10)17-4/h5-8H,1-4H3. The van der Waals surface area contributed by atoms with Crippen molar-refractivity contribution < 1.29 is 4.74 Å². The SMILES string of the molecule is COc1c(C(C)(C)C)ccc2ccc(Cl)nc12. The van der Waals surface area contributed by atoms with Crippen LogP contribution in [0.15, 0.2) is 24.3 Å². The highest BCUT2D eigenvalue weighted by Crippen LogP contribution is 2.36. The average molecular weight is 250 g/mol. The van der Waals surface area contributed by atoms with Crippen LogP contribution >= 0.6 is 11.6 Å². The van der Waals surface area contributed by atoms with Crippen molar-refractivity contribution in [2.75, 3.05) is 7.11 Å². The molecule has 90 valence electrons. The number of methoxy groups -OCH3 is 1. The molecule has 0 fully saturated rings. The van der Waals surface area contributed by atoms with E-state index in [0.29, 0.717) is 5.15 Å². The highest BCUT2D eigenvalue weighted by Gasteiger charge is 2.21. The molecule has 1 heterocycles. The number of nitrogens with zero attached hydrogens (tertiary/aromatic N) is 1. The smallest absolute Gasteiger partial charge is 0.148 e. The number of hydrogen-bond acceptors (Lipinski definition) is 2. The molecule has 0 aliphatic carbocycles. The molecule has 0 atom stereocenters. The van der Waals surface area contributed by atoms with Gasteiger partial charge in [0.05, 0.1) is 7.11 Å². The Bertz CT molecular complexity index is 558. The Morgan fingerprint density at radius 2 is 1.76 bits per heavy atom. The molecule has 0 saturated carbocycles. The van der Waals surface area contributed by atoms with E-state index < -0.39 is 0 Å². The van der Waals surface area contributed by atoms with Crippen LogP contribution in [0.25, 0.3) is 10.9 Å². The number of benzene rings is 1. The lowest BCUT2D eigenvalue weighted by Gasteiger charge is -2.22. The minimum Gasteiger partial charge on any atom is -0.494 e. The van der Waals surface area contributed by atoms with Crippen molar-refractivity contribution in [1.82, 2.24) is 4.98 Å². The lowest BCUT2D eigenvalue weighted by atomic mass is 9.85. The molecule has 0 aliphatic rings. The summed E-state index contributed by atoms with van der Waals surface area (Å²) < 4.78 is 5.52. The van der Waals surface area contributed by atoms with Crippen LogP contribution in [-0.4, -0.2) is 12.1 Å². The molecule has 2 aromatic rings. The van der Waals surface area contributed by atoms with E-state index in [9.17, 15) is 0 Å². The van der Waals surface area contributed by atoms with Crippen molar-refractivity contribution in [2.45, 2.75) is 26.2 Å². The van der Waals surface area contributed by atoms with Crippen molar-refractivity contribution in [2.24, 2.45) is 0 Å². The maximum atomic E-state index is 5.95. The molecule has 0 amide bonds. The van der Waals surface area contributed by atoms with Crippen molar-refractivity contribution in [1.29, 1.82) is 0 Å². The van der Waals surface area contributed by atoms with Gasteiger partial charge in [-0.1, -0.05) is 44.5 Å². The maximum absolute atomic E-state index is 5.95. The third kappa shape index (κ3) is 2.22. The van der Waals surface area contributed by atoms with Crippen LogP contribution in [0, 0.1) is 0 Å². The Kier molecular flexibility index (Phi) is 3.00. The van der Waals surface area contributed by atoms with E-state index in [1.54, 1.807) is 13.2 Å². The zero-order valence-electron chi connectivity index (χ0n) is 10.5. The molecule has 0 N–H and O–H groups in total. The first-order chi connectivity index (χ1) is 7.93. The third-order valence-corrected chi connectivity index (χ3v) is 3.00. The van der Waals surface area contributed by atoms with Crippen LogP contribution in [0.3, 0.4) is 0 Å². The van der Waals surface area contributed by atoms with E-state index in [4.69, 9.17) is 16.3 Å². The molecule has 3 heteroatoms. The number of hydrogen-bond donors (Lipinski definition) is 0. The van der Waals surface area contributed by atoms with Crippen LogP contribution < -0.4 is 4.74 Å². The molecule has 0 saturated heterocycles. The quantitative estimate of drug-likeness (QED) is 0.707. The van der Waals surface area contributed by atoms with Gasteiger partial charge in [0.25, 0.3) is 0 Å². The van der Waals surface area contributed by atoms with Crippen molar-refractivity contribution in [3.05, 3.63) is 35.0 Å². The third-order valence-electron chi connectivity index (χ3n) is 2.79. The van der Waals surface area contributed by atoms with Crippen LogP contribution in [0.1, 0.15) is 26.3 Å². The summed E-state index contributed by atoms with van der Waals surface area (Å²) in [6.45, 7) is 6.46. The van der Waals surface area contributed by atoms with Crippen molar-refractivity contribution in [3.8, 4) is 5.75 Å². The van der Waals surface area contributed by atoms with Gasteiger partial charge in [0, 0.05) is 10.9 Å². The van der Waals surface area contributed by atoms with Gasteiger partial charge in [0.2, 0.25) is 0 Å². The molecule has 1 aromatic carbocycles. The molecule has 0 radical (unpaired) electrons. The van der Waals surface area contributed by atoms with Gasteiger partial charge < -0.3 is 4.74 Å². The minimum absolute atomic E-state index is 0.0174. The van der Waals surface area contributed by atoms with Crippen molar-refractivity contribution >= 4 is 22.5 Å². The second-order valence-electron chi connectivity index (χ2n) is 5.10. The van der Waals surface area contributed by atoms with Gasteiger partial charge >= 0.3 is 0 Å². The molecule has 0 unspecified atom stereocenters. The Labute approximate surface area is 107 Å². The van der Waals surface area contributed by atoms with Gasteiger partial charge in [0.15, 0.2) is 0 Å². The first-order valence-electron chi connectivity index (χ1n) is 5.57. The van der Waals surface area contributed by atoms with Crippen LogP contribution in [0.2, 0.25) is 5.15 Å². The lowest BCUT2D eigenvalue weighted by Crippen LogP contribution is -2.13. The number of halogens is 1. The predicted octanol–water partition coefficient (Wildman–Crippen LogP) is 4.19. The van der Waals surface area contributed by atoms with E-state index in [1.165, 1.54) is 0 Å². The first-order valence-corrected chi connectivity index (χ1v) is 5.95. The monoisotopic (exact) mass is 249 g/mol. The molecule has 1 aromatic heterocycles. The largest absolute Gasteiger partial charge is 0.494 e. The molecule has 2 rings (SSSR count). The van der Waals surface area contributed by atoms with Gasteiger partial charge in [-0.2, -0.15) is 0 Å². The summed E-state index contributed by atoms with van der Waals surface area (Å²) in [5.41, 5.74) is 1.98. The molecule has 0 bridgehead atoms. The second-order valence-corrected chi connectivity index (χ2v) is 5.49. The molecule has 0 aliphatic heterocycles. The summed E-state index contributed by atoms with van der Waals surface area (Å²) in [6, 6.07) is 7.90. The van der Waals surface area contributed by atoms with Gasteiger partial charge in [-0.15, -0.1) is 0 Å². The van der Waals surface area contributed by atoms with Gasteiger partial charge in [-0.25, -0.2) is 4.98 Å². The topological polar surface area (TPSA) is 22.1 Å². The minimum atomic E-state index is 0.0174. The van der Waals surface area contributed by atoms with Crippen LogP contribution in [0.4, 0.5) is 0 Å². The summed E-state index contributed by atoms with van der Waals surface area (Å²) in [5, 5.41) is 1.53. The van der Waals surface area contributed by atoms with Crippen LogP contribution in [-0.2, 0) is 5.41 Å². The fraction of sp³-hybridized carbons (Fsp3) is 0.357. The molecular weight excluding hydrogens is 234 g/mol. The number of ether oxygens (including phenoxy) is 1. The molecular formula is C14H16ClNO. The van der Waals surface area contributed by atoms with E-state index in [0.717, 1.165) is 22.2 Å². The van der Waals surface area contributed by atoms with E-state index in [2.05, 4.69) is 37.9 Å². The highest BCUT2D eigenvalue weighted by molar-refractivity contribution is 6.29. The van der Waals surface area contributed by atoms with Crippen molar-refractivity contribution in [3.63, 3.8) is 0 Å². The summed E-state index contributed by atoms with van der Waals surface area (Å²) in [4.78, 5) is 4.36. The summed E-state index contributed by atoms with van der Waals surface area (Å²) in [6.07, 6.45) is 0. The first kappa shape index (κ1) is 12.2. The number of fused-ring (bicyclic) bond motifs is 1.